The minimum Gasteiger partial charge on any atom is -0.494 e. The first kappa shape index (κ1) is 17.2. The number of rotatable bonds is 2. The van der Waals surface area contributed by atoms with Gasteiger partial charge in [0.15, 0.2) is 17.3 Å². The van der Waals surface area contributed by atoms with E-state index in [0.717, 1.165) is 0 Å². The van der Waals surface area contributed by atoms with Crippen LogP contribution in [0.5, 0.6) is 5.75 Å². The predicted molar refractivity (Wildman–Crippen MR) is 83.1 cm³/mol. The highest BCUT2D eigenvalue weighted by Gasteiger charge is 2.33. The maximum absolute atomic E-state index is 13.8. The molecule has 0 bridgehead atoms. The summed E-state index contributed by atoms with van der Waals surface area (Å²) in [5.74, 6) is -0.875. The Morgan fingerprint density at radius 3 is 2.57 bits per heavy atom. The summed E-state index contributed by atoms with van der Waals surface area (Å²) in [6, 6.07) is 4.52. The molecule has 0 aromatic heterocycles. The van der Waals surface area contributed by atoms with Crippen LogP contribution < -0.4 is 4.74 Å². The average Bonchev–Trinajstić information content (AvgIpc) is 2.45. The number of ketones is 1. The fraction of sp³-hybridized carbons (Fsp3) is 0.529. The van der Waals surface area contributed by atoms with E-state index in [1.54, 1.807) is 26.8 Å². The molecule has 1 fully saturated rings. The molecule has 1 saturated heterocycles. The first-order valence-corrected chi connectivity index (χ1v) is 7.55. The lowest BCUT2D eigenvalue weighted by Crippen LogP contribution is -2.45. The van der Waals surface area contributed by atoms with Gasteiger partial charge in [0, 0.05) is 12.5 Å². The summed E-state index contributed by atoms with van der Waals surface area (Å²) in [4.78, 5) is 25.7. The Labute approximate surface area is 135 Å². The number of methoxy groups -OCH3 is 1. The zero-order chi connectivity index (χ0) is 17.2. The minimum absolute atomic E-state index is 0.0206. The average molecular weight is 323 g/mol. The van der Waals surface area contributed by atoms with Gasteiger partial charge in [0.1, 0.15) is 5.60 Å². The van der Waals surface area contributed by atoms with E-state index in [9.17, 15) is 14.0 Å². The van der Waals surface area contributed by atoms with Crippen LogP contribution in [-0.4, -0.2) is 42.6 Å². The number of likely N-dealkylation sites (tertiary alicyclic amines) is 1. The second-order valence-electron chi connectivity index (χ2n) is 6.60. The van der Waals surface area contributed by atoms with Crippen LogP contribution in [0.1, 0.15) is 38.7 Å². The quantitative estimate of drug-likeness (QED) is 0.839. The normalized spacial score (nSPS) is 18.7. The summed E-state index contributed by atoms with van der Waals surface area (Å²) in [7, 11) is 1.39. The Hall–Kier alpha value is -2.11. The van der Waals surface area contributed by atoms with Crippen molar-refractivity contribution in [1.29, 1.82) is 0 Å². The van der Waals surface area contributed by atoms with E-state index in [1.807, 2.05) is 0 Å². The van der Waals surface area contributed by atoms with E-state index in [4.69, 9.17) is 9.47 Å². The molecule has 0 radical (unpaired) electrons. The van der Waals surface area contributed by atoms with Crippen molar-refractivity contribution in [2.75, 3.05) is 20.2 Å². The number of piperidine rings is 1. The number of Topliss-reactive ketones (excluding diaryl/α,β-unsaturated/α-hetero) is 1. The van der Waals surface area contributed by atoms with Gasteiger partial charge < -0.3 is 14.4 Å². The number of carbonyl (C=O) groups excluding carboxylic acids is 2. The van der Waals surface area contributed by atoms with E-state index in [2.05, 4.69) is 0 Å². The van der Waals surface area contributed by atoms with Crippen molar-refractivity contribution in [2.45, 2.75) is 38.7 Å². The molecule has 6 heteroatoms. The molecule has 0 spiro atoms. The maximum Gasteiger partial charge on any atom is 0.410 e. The fourth-order valence-electron chi connectivity index (χ4n) is 2.56. The number of ether oxygens (including phenoxy) is 2. The van der Waals surface area contributed by atoms with Gasteiger partial charge in [-0.2, -0.15) is 0 Å². The molecule has 5 nitrogen and oxygen atoms in total. The van der Waals surface area contributed by atoms with Gasteiger partial charge in [-0.1, -0.05) is 6.07 Å². The lowest BCUT2D eigenvalue weighted by molar-refractivity contribution is -0.123. The number of amides is 1. The smallest absolute Gasteiger partial charge is 0.410 e. The van der Waals surface area contributed by atoms with E-state index >= 15 is 0 Å². The molecule has 23 heavy (non-hydrogen) atoms. The molecule has 126 valence electrons. The second kappa shape index (κ2) is 6.56. The summed E-state index contributed by atoms with van der Waals surface area (Å²) in [5.41, 5.74) is 0.00736. The summed E-state index contributed by atoms with van der Waals surface area (Å²) in [6.45, 7) is 5.71. The van der Waals surface area contributed by atoms with Crippen LogP contribution in [0.15, 0.2) is 18.2 Å². The molecular weight excluding hydrogens is 301 g/mol. The van der Waals surface area contributed by atoms with Crippen LogP contribution in [0.3, 0.4) is 0 Å². The van der Waals surface area contributed by atoms with Crippen molar-refractivity contribution < 1.29 is 23.5 Å². The topological polar surface area (TPSA) is 55.8 Å². The molecule has 1 amide bonds. The van der Waals surface area contributed by atoms with E-state index in [-0.39, 0.29) is 18.1 Å². The van der Waals surface area contributed by atoms with Gasteiger partial charge in [-0.05, 0) is 44.9 Å². The largest absolute Gasteiger partial charge is 0.494 e. The summed E-state index contributed by atoms with van der Waals surface area (Å²) in [6.07, 6.45) is -0.0469. The van der Waals surface area contributed by atoms with Crippen molar-refractivity contribution in [1.82, 2.24) is 4.90 Å². The van der Waals surface area contributed by atoms with E-state index in [1.165, 1.54) is 24.1 Å². The van der Waals surface area contributed by atoms with Crippen LogP contribution in [0, 0.1) is 5.82 Å². The number of benzene rings is 1. The van der Waals surface area contributed by atoms with Crippen molar-refractivity contribution >= 4 is 11.9 Å². The monoisotopic (exact) mass is 323 g/mol. The number of nitrogens with zero attached hydrogens (tertiary/aromatic N) is 1. The van der Waals surface area contributed by atoms with Crippen LogP contribution in [0.25, 0.3) is 0 Å². The first-order valence-electron chi connectivity index (χ1n) is 7.55. The zero-order valence-corrected chi connectivity index (χ0v) is 13.9. The van der Waals surface area contributed by atoms with Crippen LogP contribution in [-0.2, 0) is 9.53 Å². The van der Waals surface area contributed by atoms with Gasteiger partial charge in [-0.25, -0.2) is 9.18 Å². The maximum atomic E-state index is 13.8. The SMILES string of the molecule is COc1ccc([C@H]2CCN(C(=O)OC(C)(C)C)CC2=O)cc1F. The Morgan fingerprint density at radius 2 is 2.04 bits per heavy atom. The molecule has 0 aliphatic carbocycles. The van der Waals surface area contributed by atoms with Crippen LogP contribution in [0.2, 0.25) is 0 Å². The Kier molecular flexibility index (Phi) is 4.92. The Bertz CT molecular complexity index is 609. The number of carbonyl (C=O) groups is 2. The van der Waals surface area contributed by atoms with E-state index in [0.29, 0.717) is 18.5 Å². The van der Waals surface area contributed by atoms with Gasteiger partial charge in [0.2, 0.25) is 0 Å². The minimum atomic E-state index is -0.601. The first-order chi connectivity index (χ1) is 10.7. The highest BCUT2D eigenvalue weighted by Crippen LogP contribution is 2.29. The van der Waals surface area contributed by atoms with Crippen LogP contribution >= 0.6 is 0 Å². The van der Waals surface area contributed by atoms with Crippen molar-refractivity contribution in [3.63, 3.8) is 0 Å². The van der Waals surface area contributed by atoms with Crippen molar-refractivity contribution in [3.8, 4) is 5.75 Å². The summed E-state index contributed by atoms with van der Waals surface area (Å²) >= 11 is 0. The lowest BCUT2D eigenvalue weighted by atomic mass is 9.88. The molecular formula is C17H22FNO4. The predicted octanol–water partition coefficient (Wildman–Crippen LogP) is 3.13. The second-order valence-corrected chi connectivity index (χ2v) is 6.60. The molecule has 2 rings (SSSR count). The molecule has 1 aliphatic rings. The Balaban J connectivity index is 2.06. The number of hydrogen-bond acceptors (Lipinski definition) is 4. The zero-order valence-electron chi connectivity index (χ0n) is 13.9. The third kappa shape index (κ3) is 4.21. The molecule has 1 aromatic rings. The fourth-order valence-corrected chi connectivity index (χ4v) is 2.56. The molecule has 1 atom stereocenters. The highest BCUT2D eigenvalue weighted by atomic mass is 19.1. The lowest BCUT2D eigenvalue weighted by Gasteiger charge is -2.32. The van der Waals surface area contributed by atoms with Gasteiger partial charge in [-0.3, -0.25) is 4.79 Å². The summed E-state index contributed by atoms with van der Waals surface area (Å²) < 4.78 is 24.0. The third-order valence-corrected chi connectivity index (χ3v) is 3.65. The van der Waals surface area contributed by atoms with Crippen molar-refractivity contribution in [3.05, 3.63) is 29.6 Å². The van der Waals surface area contributed by atoms with Gasteiger partial charge in [-0.15, -0.1) is 0 Å². The van der Waals surface area contributed by atoms with Gasteiger partial charge in [0.25, 0.3) is 0 Å². The van der Waals surface area contributed by atoms with Crippen molar-refractivity contribution in [2.24, 2.45) is 0 Å². The van der Waals surface area contributed by atoms with Gasteiger partial charge >= 0.3 is 6.09 Å². The molecule has 1 aromatic carbocycles. The number of halogens is 1. The van der Waals surface area contributed by atoms with Crippen LogP contribution in [0.4, 0.5) is 9.18 Å². The standard InChI is InChI=1S/C17H22FNO4/c1-17(2,3)23-16(21)19-8-7-12(14(20)10-19)11-5-6-15(22-4)13(18)9-11/h5-6,9,12H,7-8,10H2,1-4H3/t12-/m1/s1. The molecule has 1 heterocycles. The summed E-state index contributed by atoms with van der Waals surface area (Å²) in [5, 5.41) is 0. The molecule has 0 N–H and O–H groups in total. The Morgan fingerprint density at radius 1 is 1.35 bits per heavy atom. The molecule has 1 aliphatic heterocycles. The van der Waals surface area contributed by atoms with Gasteiger partial charge in [0.05, 0.1) is 13.7 Å². The van der Waals surface area contributed by atoms with E-state index < -0.39 is 23.4 Å². The molecule has 0 unspecified atom stereocenters. The molecule has 0 saturated carbocycles. The number of hydrogen-bond donors (Lipinski definition) is 0. The highest BCUT2D eigenvalue weighted by molar-refractivity contribution is 5.90. The third-order valence-electron chi connectivity index (χ3n) is 3.65.